The van der Waals surface area contributed by atoms with E-state index in [9.17, 15) is 9.59 Å². The zero-order chi connectivity index (χ0) is 25.5. The second-order valence-electron chi connectivity index (χ2n) is 12.3. The molecular weight excluding hydrogens is 452 g/mol. The van der Waals surface area contributed by atoms with E-state index in [4.69, 9.17) is 23.1 Å². The van der Waals surface area contributed by atoms with Gasteiger partial charge in [-0.15, -0.1) is 0 Å². The number of fused-ring (bicyclic) bond motifs is 1. The maximum atomic E-state index is 13.0. The molecule has 0 radical (unpaired) electrons. The summed E-state index contributed by atoms with van der Waals surface area (Å²) in [6.45, 7) is 18.3. The number of rotatable bonds is 5. The molecule has 1 saturated heterocycles. The van der Waals surface area contributed by atoms with E-state index in [1.165, 1.54) is 7.11 Å². The highest BCUT2D eigenvalue weighted by molar-refractivity contribution is 6.74. The van der Waals surface area contributed by atoms with Crippen LogP contribution in [0.2, 0.25) is 18.1 Å². The molecule has 0 N–H and O–H groups in total. The molecule has 0 bridgehead atoms. The highest BCUT2D eigenvalue weighted by Crippen LogP contribution is 2.44. The molecule has 1 aromatic heterocycles. The zero-order valence-corrected chi connectivity index (χ0v) is 23.3. The topological polar surface area (TPSA) is 84.2 Å². The van der Waals surface area contributed by atoms with Gasteiger partial charge in [0.05, 0.1) is 39.1 Å². The summed E-state index contributed by atoms with van der Waals surface area (Å²) >= 11 is 0. The summed E-state index contributed by atoms with van der Waals surface area (Å²) in [4.78, 5) is 25.5. The Morgan fingerprint density at radius 3 is 2.35 bits per heavy atom. The second kappa shape index (κ2) is 9.52. The highest BCUT2D eigenvalue weighted by Gasteiger charge is 2.44. The Labute approximate surface area is 205 Å². The van der Waals surface area contributed by atoms with Crippen molar-refractivity contribution in [3.8, 4) is 0 Å². The molecule has 0 spiro atoms. The molecule has 1 unspecified atom stereocenters. The summed E-state index contributed by atoms with van der Waals surface area (Å²) in [6, 6.07) is 0. The lowest BCUT2D eigenvalue weighted by Crippen LogP contribution is -2.47. The largest absolute Gasteiger partial charge is 0.468 e. The van der Waals surface area contributed by atoms with Crippen LogP contribution in [-0.2, 0) is 41.1 Å². The fourth-order valence-corrected chi connectivity index (χ4v) is 5.50. The number of hydrogen-bond donors (Lipinski definition) is 0. The van der Waals surface area contributed by atoms with Gasteiger partial charge < -0.3 is 23.1 Å². The number of carbonyl (C=O) groups is 2. The van der Waals surface area contributed by atoms with Crippen LogP contribution in [-0.4, -0.2) is 46.2 Å². The van der Waals surface area contributed by atoms with E-state index in [2.05, 4.69) is 47.7 Å². The van der Waals surface area contributed by atoms with Gasteiger partial charge >= 0.3 is 5.97 Å². The summed E-state index contributed by atoms with van der Waals surface area (Å²) in [7, 11) is -0.804. The van der Waals surface area contributed by atoms with Crippen molar-refractivity contribution in [3.63, 3.8) is 0 Å². The number of carbonyl (C=O) groups excluding carboxylic acids is 2. The fourth-order valence-electron chi connectivity index (χ4n) is 4.19. The molecule has 2 aliphatic rings. The lowest BCUT2D eigenvalue weighted by Gasteiger charge is -2.41. The van der Waals surface area contributed by atoms with Gasteiger partial charge in [-0.05, 0) is 37.9 Å². The molecule has 1 aliphatic heterocycles. The van der Waals surface area contributed by atoms with Crippen molar-refractivity contribution >= 4 is 20.1 Å². The van der Waals surface area contributed by atoms with E-state index in [0.717, 1.165) is 11.1 Å². The van der Waals surface area contributed by atoms with Gasteiger partial charge in [-0.25, -0.2) is 0 Å². The molecule has 8 heteroatoms. The van der Waals surface area contributed by atoms with E-state index in [1.807, 2.05) is 6.92 Å². The van der Waals surface area contributed by atoms with E-state index >= 15 is 0 Å². The zero-order valence-electron chi connectivity index (χ0n) is 22.3. The number of methoxy groups -OCH3 is 1. The first-order valence-corrected chi connectivity index (χ1v) is 15.1. The Morgan fingerprint density at radius 1 is 1.18 bits per heavy atom. The fraction of sp³-hybridized carbons (Fsp3) is 0.769. The van der Waals surface area contributed by atoms with Gasteiger partial charge in [-0.1, -0.05) is 34.6 Å². The summed E-state index contributed by atoms with van der Waals surface area (Å²) < 4.78 is 30.0. The van der Waals surface area contributed by atoms with Crippen LogP contribution in [0, 0.1) is 11.3 Å². The lowest BCUT2D eigenvalue weighted by molar-refractivity contribution is -0.289. The number of furan rings is 1. The van der Waals surface area contributed by atoms with Gasteiger partial charge in [0, 0.05) is 23.0 Å². The summed E-state index contributed by atoms with van der Waals surface area (Å²) in [5, 5.41) is 0.0186. The number of ether oxygens (including phenoxy) is 3. The van der Waals surface area contributed by atoms with Crippen molar-refractivity contribution in [1.82, 2.24) is 0 Å². The van der Waals surface area contributed by atoms with Crippen LogP contribution < -0.4 is 0 Å². The van der Waals surface area contributed by atoms with Crippen molar-refractivity contribution in [2.24, 2.45) is 11.3 Å². The van der Waals surface area contributed by atoms with Crippen molar-refractivity contribution in [2.45, 2.75) is 97.2 Å². The third-order valence-corrected chi connectivity index (χ3v) is 12.0. The standard InChI is InChI=1S/C26H42O7Si/c1-24(2,3)34(8,9)33-21-11-10-20(27)18(23(28)29-7)12-17-19(21)14-30-22(17)13-26(6)31-15-25(4,5)16-32-26/h14,18,21H,10-13,15-16H2,1-9H3/t18?,21-/m0/s1. The number of esters is 1. The van der Waals surface area contributed by atoms with Crippen LogP contribution in [0.3, 0.4) is 0 Å². The molecular formula is C26H42O7Si. The minimum atomic E-state index is -2.13. The van der Waals surface area contributed by atoms with Crippen LogP contribution in [0.1, 0.15) is 77.4 Å². The first-order valence-electron chi connectivity index (χ1n) is 12.2. The van der Waals surface area contributed by atoms with Gasteiger partial charge in [0.2, 0.25) is 0 Å². The monoisotopic (exact) mass is 494 g/mol. The molecule has 7 nitrogen and oxygen atoms in total. The van der Waals surface area contributed by atoms with Gasteiger partial charge in [-0.3, -0.25) is 9.59 Å². The SMILES string of the molecule is COC(=O)C1Cc2c(coc2CC2(C)OCC(C)(C)CO2)[C@@H](O[Si](C)(C)C(C)(C)C)CCC1=O. The molecule has 0 amide bonds. The predicted molar refractivity (Wildman–Crippen MR) is 131 cm³/mol. The first kappa shape index (κ1) is 27.1. The summed E-state index contributed by atoms with van der Waals surface area (Å²) in [5.41, 5.74) is 1.70. The number of ketones is 1. The van der Waals surface area contributed by atoms with E-state index in [0.29, 0.717) is 31.8 Å². The minimum absolute atomic E-state index is 0.0186. The molecule has 34 heavy (non-hydrogen) atoms. The molecule has 2 heterocycles. The average molecular weight is 495 g/mol. The number of hydrogen-bond acceptors (Lipinski definition) is 7. The minimum Gasteiger partial charge on any atom is -0.468 e. The maximum Gasteiger partial charge on any atom is 0.316 e. The molecule has 1 fully saturated rings. The lowest BCUT2D eigenvalue weighted by atomic mass is 9.84. The van der Waals surface area contributed by atoms with Crippen molar-refractivity contribution in [1.29, 1.82) is 0 Å². The highest BCUT2D eigenvalue weighted by atomic mass is 28.4. The van der Waals surface area contributed by atoms with Gasteiger partial charge in [0.25, 0.3) is 0 Å². The van der Waals surface area contributed by atoms with Crippen LogP contribution >= 0.6 is 0 Å². The molecule has 1 aromatic rings. The van der Waals surface area contributed by atoms with E-state index in [-0.39, 0.29) is 35.2 Å². The Kier molecular flexibility index (Phi) is 7.59. The Balaban J connectivity index is 1.98. The van der Waals surface area contributed by atoms with E-state index in [1.54, 1.807) is 6.26 Å². The maximum absolute atomic E-state index is 13.0. The van der Waals surface area contributed by atoms with Gasteiger partial charge in [0.1, 0.15) is 17.5 Å². The average Bonchev–Trinajstić information content (AvgIpc) is 3.10. The van der Waals surface area contributed by atoms with Crippen molar-refractivity contribution < 1.29 is 32.6 Å². The molecule has 3 rings (SSSR count). The molecule has 0 saturated carbocycles. The summed E-state index contributed by atoms with van der Waals surface area (Å²) in [5.74, 6) is -1.65. The Morgan fingerprint density at radius 2 is 1.79 bits per heavy atom. The molecule has 0 aromatic carbocycles. The first-order chi connectivity index (χ1) is 15.6. The quantitative estimate of drug-likeness (QED) is 0.309. The van der Waals surface area contributed by atoms with Gasteiger partial charge in [0.15, 0.2) is 14.1 Å². The van der Waals surface area contributed by atoms with E-state index < -0.39 is 26.0 Å². The van der Waals surface area contributed by atoms with Gasteiger partial charge in [-0.2, -0.15) is 0 Å². The Bertz CT molecular complexity index is 899. The molecule has 2 atom stereocenters. The third kappa shape index (κ3) is 5.83. The van der Waals surface area contributed by atoms with Crippen LogP contribution in [0.5, 0.6) is 0 Å². The Hall–Kier alpha value is -1.48. The summed E-state index contributed by atoms with van der Waals surface area (Å²) in [6.07, 6.45) is 2.85. The third-order valence-electron chi connectivity index (χ3n) is 7.56. The second-order valence-corrected chi connectivity index (χ2v) is 17.1. The smallest absolute Gasteiger partial charge is 0.316 e. The van der Waals surface area contributed by atoms with Crippen LogP contribution in [0.25, 0.3) is 0 Å². The number of Topliss-reactive ketones (excluding diaryl/α,β-unsaturated/α-hetero) is 1. The van der Waals surface area contributed by atoms with Crippen LogP contribution in [0.15, 0.2) is 10.7 Å². The molecule has 192 valence electrons. The molecule has 1 aliphatic carbocycles. The normalized spacial score (nSPS) is 25.3. The van der Waals surface area contributed by atoms with Crippen LogP contribution in [0.4, 0.5) is 0 Å². The predicted octanol–water partition coefficient (Wildman–Crippen LogP) is 5.37. The van der Waals surface area contributed by atoms with Crippen molar-refractivity contribution in [2.75, 3.05) is 20.3 Å². The van der Waals surface area contributed by atoms with Crippen molar-refractivity contribution in [3.05, 3.63) is 23.2 Å².